The third-order valence-electron chi connectivity index (χ3n) is 2.21. The minimum Gasteiger partial charge on any atom is -0.381 e. The Kier molecular flexibility index (Phi) is 5.67. The molecular weight excluding hydrogens is 252 g/mol. The summed E-state index contributed by atoms with van der Waals surface area (Å²) in [4.78, 5) is 22.9. The summed E-state index contributed by atoms with van der Waals surface area (Å²) in [5.41, 5.74) is 6.02. The lowest BCUT2D eigenvalue weighted by Gasteiger charge is -2.08. The van der Waals surface area contributed by atoms with E-state index >= 15 is 0 Å². The SMILES string of the molecule is Cc1ccc(SCC(=O)NCC(O)C(N)=O)cc1. The lowest BCUT2D eigenvalue weighted by molar-refractivity contribution is -0.126. The van der Waals surface area contributed by atoms with Crippen molar-refractivity contribution >= 4 is 23.6 Å². The number of benzene rings is 1. The molecule has 0 aliphatic carbocycles. The molecule has 1 unspecified atom stereocenters. The molecule has 0 aromatic heterocycles. The van der Waals surface area contributed by atoms with E-state index in [1.165, 1.54) is 11.8 Å². The highest BCUT2D eigenvalue weighted by Gasteiger charge is 2.12. The van der Waals surface area contributed by atoms with E-state index in [9.17, 15) is 9.59 Å². The predicted octanol–water partition coefficient (Wildman–Crippen LogP) is 0.0495. The van der Waals surface area contributed by atoms with Crippen molar-refractivity contribution in [2.75, 3.05) is 12.3 Å². The molecule has 6 heteroatoms. The first-order chi connectivity index (χ1) is 8.49. The second-order valence-electron chi connectivity index (χ2n) is 3.82. The summed E-state index contributed by atoms with van der Waals surface area (Å²) in [5, 5.41) is 11.5. The molecule has 0 saturated carbocycles. The molecular formula is C12H16N2O3S. The van der Waals surface area contributed by atoms with Crippen LogP contribution in [0.15, 0.2) is 29.2 Å². The third kappa shape index (κ3) is 5.20. The molecule has 1 rings (SSSR count). The molecule has 0 aliphatic rings. The number of thioether (sulfide) groups is 1. The van der Waals surface area contributed by atoms with Gasteiger partial charge >= 0.3 is 0 Å². The number of hydrogen-bond donors (Lipinski definition) is 3. The standard InChI is InChI=1S/C12H16N2O3S/c1-8-2-4-9(5-3-8)18-7-11(16)14-6-10(15)12(13)17/h2-5,10,15H,6-7H2,1H3,(H2,13,17)(H,14,16). The Morgan fingerprint density at radius 2 is 2.00 bits per heavy atom. The lowest BCUT2D eigenvalue weighted by atomic mass is 10.2. The van der Waals surface area contributed by atoms with E-state index in [4.69, 9.17) is 10.8 Å². The van der Waals surface area contributed by atoms with Crippen molar-refractivity contribution in [3.8, 4) is 0 Å². The average molecular weight is 268 g/mol. The van der Waals surface area contributed by atoms with E-state index in [0.29, 0.717) is 0 Å². The molecule has 0 spiro atoms. The first kappa shape index (κ1) is 14.5. The van der Waals surface area contributed by atoms with Crippen molar-refractivity contribution in [1.82, 2.24) is 5.32 Å². The number of nitrogens with one attached hydrogen (secondary N) is 1. The molecule has 0 radical (unpaired) electrons. The van der Waals surface area contributed by atoms with Crippen LogP contribution in [0, 0.1) is 6.92 Å². The number of aryl methyl sites for hydroxylation is 1. The summed E-state index contributed by atoms with van der Waals surface area (Å²) in [6, 6.07) is 7.81. The van der Waals surface area contributed by atoms with Crippen LogP contribution in [0.25, 0.3) is 0 Å². The highest BCUT2D eigenvalue weighted by molar-refractivity contribution is 8.00. The van der Waals surface area contributed by atoms with E-state index in [1.54, 1.807) is 0 Å². The summed E-state index contributed by atoms with van der Waals surface area (Å²) in [6.07, 6.45) is -1.33. The molecule has 2 amide bonds. The van der Waals surface area contributed by atoms with Crippen molar-refractivity contribution in [2.24, 2.45) is 5.73 Å². The summed E-state index contributed by atoms with van der Waals surface area (Å²) in [5.74, 6) is -0.864. The minimum absolute atomic E-state index is 0.150. The number of carbonyl (C=O) groups excluding carboxylic acids is 2. The first-order valence-corrected chi connectivity index (χ1v) is 6.41. The zero-order valence-electron chi connectivity index (χ0n) is 10.1. The van der Waals surface area contributed by atoms with Gasteiger partial charge in [0.2, 0.25) is 11.8 Å². The van der Waals surface area contributed by atoms with E-state index in [-0.39, 0.29) is 18.2 Å². The number of aliphatic hydroxyl groups excluding tert-OH is 1. The van der Waals surface area contributed by atoms with Gasteiger partial charge in [-0.25, -0.2) is 0 Å². The fraction of sp³-hybridized carbons (Fsp3) is 0.333. The number of primary amides is 1. The van der Waals surface area contributed by atoms with Gasteiger partial charge in [-0.1, -0.05) is 17.7 Å². The van der Waals surface area contributed by atoms with Crippen LogP contribution in [0.5, 0.6) is 0 Å². The maximum absolute atomic E-state index is 11.4. The summed E-state index contributed by atoms with van der Waals surface area (Å²) < 4.78 is 0. The van der Waals surface area contributed by atoms with Gasteiger partial charge in [-0.05, 0) is 19.1 Å². The van der Waals surface area contributed by atoms with Crippen LogP contribution in [0.1, 0.15) is 5.56 Å². The van der Waals surface area contributed by atoms with E-state index in [1.807, 2.05) is 31.2 Å². The quantitative estimate of drug-likeness (QED) is 0.636. The smallest absolute Gasteiger partial charge is 0.248 e. The predicted molar refractivity (Wildman–Crippen MR) is 70.1 cm³/mol. The normalized spacial score (nSPS) is 11.9. The maximum Gasteiger partial charge on any atom is 0.248 e. The molecule has 0 bridgehead atoms. The Hall–Kier alpha value is -1.53. The van der Waals surface area contributed by atoms with Gasteiger partial charge in [0, 0.05) is 4.90 Å². The van der Waals surface area contributed by atoms with Crippen LogP contribution in [0.2, 0.25) is 0 Å². The molecule has 5 nitrogen and oxygen atoms in total. The topological polar surface area (TPSA) is 92.4 Å². The summed E-state index contributed by atoms with van der Waals surface area (Å²) in [6.45, 7) is 1.84. The van der Waals surface area contributed by atoms with Crippen LogP contribution in [-0.4, -0.2) is 35.3 Å². The molecule has 1 aromatic carbocycles. The number of aliphatic hydroxyl groups is 1. The van der Waals surface area contributed by atoms with Gasteiger partial charge in [0.1, 0.15) is 6.10 Å². The van der Waals surface area contributed by atoms with Crippen LogP contribution in [-0.2, 0) is 9.59 Å². The molecule has 4 N–H and O–H groups in total. The molecule has 98 valence electrons. The van der Waals surface area contributed by atoms with Gasteiger partial charge in [-0.2, -0.15) is 0 Å². The second kappa shape index (κ2) is 7.03. The average Bonchev–Trinajstić information content (AvgIpc) is 2.35. The Labute approximate surface area is 110 Å². The number of amides is 2. The van der Waals surface area contributed by atoms with Crippen LogP contribution in [0.3, 0.4) is 0 Å². The van der Waals surface area contributed by atoms with Gasteiger partial charge in [0.15, 0.2) is 0 Å². The largest absolute Gasteiger partial charge is 0.381 e. The Morgan fingerprint density at radius 1 is 1.39 bits per heavy atom. The fourth-order valence-corrected chi connectivity index (χ4v) is 1.87. The second-order valence-corrected chi connectivity index (χ2v) is 4.87. The van der Waals surface area contributed by atoms with Crippen molar-refractivity contribution in [3.63, 3.8) is 0 Å². The van der Waals surface area contributed by atoms with Crippen molar-refractivity contribution in [2.45, 2.75) is 17.9 Å². The molecule has 0 heterocycles. The van der Waals surface area contributed by atoms with Gasteiger partial charge in [0.25, 0.3) is 0 Å². The number of nitrogens with two attached hydrogens (primary N) is 1. The molecule has 0 aliphatic heterocycles. The number of rotatable bonds is 6. The monoisotopic (exact) mass is 268 g/mol. The zero-order valence-corrected chi connectivity index (χ0v) is 10.9. The first-order valence-electron chi connectivity index (χ1n) is 5.42. The maximum atomic E-state index is 11.4. The van der Waals surface area contributed by atoms with Gasteiger partial charge in [-0.15, -0.1) is 11.8 Å². The fourth-order valence-electron chi connectivity index (χ4n) is 1.15. The Balaban J connectivity index is 2.29. The molecule has 0 saturated heterocycles. The highest BCUT2D eigenvalue weighted by Crippen LogP contribution is 2.17. The van der Waals surface area contributed by atoms with Gasteiger partial charge in [0.05, 0.1) is 12.3 Å². The van der Waals surface area contributed by atoms with E-state index in [0.717, 1.165) is 10.5 Å². The van der Waals surface area contributed by atoms with Crippen molar-refractivity contribution < 1.29 is 14.7 Å². The molecule has 1 aromatic rings. The summed E-state index contributed by atoms with van der Waals surface area (Å²) >= 11 is 1.39. The van der Waals surface area contributed by atoms with Crippen LogP contribution >= 0.6 is 11.8 Å². The third-order valence-corrected chi connectivity index (χ3v) is 3.22. The molecule has 18 heavy (non-hydrogen) atoms. The van der Waals surface area contributed by atoms with Crippen LogP contribution in [0.4, 0.5) is 0 Å². The van der Waals surface area contributed by atoms with E-state index in [2.05, 4.69) is 5.32 Å². The number of hydrogen-bond acceptors (Lipinski definition) is 4. The van der Waals surface area contributed by atoms with Gasteiger partial charge in [-0.3, -0.25) is 9.59 Å². The summed E-state index contributed by atoms with van der Waals surface area (Å²) in [7, 11) is 0. The molecule has 1 atom stereocenters. The van der Waals surface area contributed by atoms with Gasteiger partial charge < -0.3 is 16.2 Å². The van der Waals surface area contributed by atoms with Crippen molar-refractivity contribution in [3.05, 3.63) is 29.8 Å². The van der Waals surface area contributed by atoms with Crippen molar-refractivity contribution in [1.29, 1.82) is 0 Å². The van der Waals surface area contributed by atoms with Crippen LogP contribution < -0.4 is 11.1 Å². The highest BCUT2D eigenvalue weighted by atomic mass is 32.2. The number of carbonyl (C=O) groups is 2. The minimum atomic E-state index is -1.33. The molecule has 0 fully saturated rings. The Bertz CT molecular complexity index is 420. The van der Waals surface area contributed by atoms with E-state index < -0.39 is 12.0 Å². The Morgan fingerprint density at radius 3 is 2.56 bits per heavy atom. The zero-order chi connectivity index (χ0) is 13.5. The lowest BCUT2D eigenvalue weighted by Crippen LogP contribution is -2.40.